The summed E-state index contributed by atoms with van der Waals surface area (Å²) in [4.78, 5) is 33.4. The Hall–Kier alpha value is -4.33. The maximum atomic E-state index is 13.6. The van der Waals surface area contributed by atoms with Crippen molar-refractivity contribution in [1.82, 2.24) is 14.5 Å². The summed E-state index contributed by atoms with van der Waals surface area (Å²) in [6, 6.07) is 19.0. The van der Waals surface area contributed by atoms with Crippen molar-refractivity contribution in [2.24, 2.45) is 0 Å². The first kappa shape index (κ1) is 22.5. The zero-order chi connectivity index (χ0) is 24.5. The number of hydrogen-bond acceptors (Lipinski definition) is 6. The highest BCUT2D eigenvalue weighted by Crippen LogP contribution is 2.33. The number of carbonyl (C=O) groups excluding carboxylic acids is 1. The first-order chi connectivity index (χ1) is 17.0. The molecule has 1 unspecified atom stereocenters. The molecule has 0 radical (unpaired) electrons. The van der Waals surface area contributed by atoms with Crippen LogP contribution in [0.3, 0.4) is 0 Å². The van der Waals surface area contributed by atoms with Crippen molar-refractivity contribution in [1.29, 1.82) is 0 Å². The Morgan fingerprint density at radius 3 is 2.60 bits per heavy atom. The molecule has 2 heterocycles. The summed E-state index contributed by atoms with van der Waals surface area (Å²) in [5.74, 6) is 2.08. The van der Waals surface area contributed by atoms with Crippen LogP contribution in [0.2, 0.25) is 0 Å². The number of amides is 1. The molecule has 0 saturated carbocycles. The van der Waals surface area contributed by atoms with Crippen molar-refractivity contribution in [3.05, 3.63) is 88.5 Å². The fourth-order valence-electron chi connectivity index (χ4n) is 4.12. The second-order valence-corrected chi connectivity index (χ2v) is 8.21. The average molecular weight is 472 g/mol. The molecule has 8 nitrogen and oxygen atoms in total. The van der Waals surface area contributed by atoms with Crippen LogP contribution in [0.4, 0.5) is 0 Å². The van der Waals surface area contributed by atoms with Gasteiger partial charge in [0.1, 0.15) is 11.6 Å². The zero-order valence-electron chi connectivity index (χ0n) is 19.7. The average Bonchev–Trinajstić information content (AvgIpc) is 3.36. The zero-order valence-corrected chi connectivity index (χ0v) is 19.7. The summed E-state index contributed by atoms with van der Waals surface area (Å²) < 4.78 is 17.9. The molecule has 1 amide bonds. The van der Waals surface area contributed by atoms with Gasteiger partial charge in [0.15, 0.2) is 11.5 Å². The molecule has 0 saturated heterocycles. The van der Waals surface area contributed by atoms with Gasteiger partial charge in [-0.3, -0.25) is 14.2 Å². The Kier molecular flexibility index (Phi) is 5.86. The third-order valence-electron chi connectivity index (χ3n) is 6.10. The monoisotopic (exact) mass is 471 g/mol. The molecule has 8 heteroatoms. The van der Waals surface area contributed by atoms with E-state index in [2.05, 4.69) is 0 Å². The van der Waals surface area contributed by atoms with Crippen molar-refractivity contribution >= 4 is 16.8 Å². The second-order valence-electron chi connectivity index (χ2n) is 8.21. The number of hydrogen-bond donors (Lipinski definition) is 0. The number of carbonyl (C=O) groups is 1. The van der Waals surface area contributed by atoms with Crippen LogP contribution in [0.25, 0.3) is 16.6 Å². The van der Waals surface area contributed by atoms with Gasteiger partial charge in [-0.2, -0.15) is 0 Å². The first-order valence-electron chi connectivity index (χ1n) is 11.4. The molecular formula is C27H25N3O5. The molecule has 0 bridgehead atoms. The normalized spacial score (nSPS) is 13.0. The van der Waals surface area contributed by atoms with E-state index in [4.69, 9.17) is 19.2 Å². The van der Waals surface area contributed by atoms with Crippen molar-refractivity contribution < 1.29 is 19.0 Å². The van der Waals surface area contributed by atoms with Crippen molar-refractivity contribution in [2.45, 2.75) is 19.9 Å². The predicted molar refractivity (Wildman–Crippen MR) is 132 cm³/mol. The molecule has 3 aromatic carbocycles. The maximum Gasteiger partial charge on any atom is 0.266 e. The van der Waals surface area contributed by atoms with Gasteiger partial charge in [0.25, 0.3) is 11.5 Å². The molecule has 35 heavy (non-hydrogen) atoms. The van der Waals surface area contributed by atoms with Gasteiger partial charge in [-0.05, 0) is 68.4 Å². The summed E-state index contributed by atoms with van der Waals surface area (Å²) in [6.45, 7) is 4.45. The SMILES string of the molecule is CCOc1ccc(-n2c(C(C)N(C)C(=O)c3ccc4c(c3)OCO4)nc3ccccc3c2=O)cc1. The Bertz CT molecular complexity index is 1460. The van der Waals surface area contributed by atoms with Crippen LogP contribution in [0.15, 0.2) is 71.5 Å². The van der Waals surface area contributed by atoms with Crippen molar-refractivity contribution in [2.75, 3.05) is 20.4 Å². The van der Waals surface area contributed by atoms with E-state index in [0.29, 0.717) is 51.8 Å². The van der Waals surface area contributed by atoms with Crippen LogP contribution in [-0.2, 0) is 0 Å². The van der Waals surface area contributed by atoms with Gasteiger partial charge in [-0.1, -0.05) is 12.1 Å². The molecule has 0 spiro atoms. The lowest BCUT2D eigenvalue weighted by molar-refractivity contribution is 0.0734. The van der Waals surface area contributed by atoms with E-state index in [9.17, 15) is 9.59 Å². The highest BCUT2D eigenvalue weighted by molar-refractivity contribution is 5.95. The Labute approximate surface area is 202 Å². The number of nitrogens with zero attached hydrogens (tertiary/aromatic N) is 3. The number of fused-ring (bicyclic) bond motifs is 2. The minimum Gasteiger partial charge on any atom is -0.494 e. The van der Waals surface area contributed by atoms with Crippen LogP contribution in [0, 0.1) is 0 Å². The summed E-state index contributed by atoms with van der Waals surface area (Å²) in [5, 5.41) is 0.502. The van der Waals surface area contributed by atoms with Crippen LogP contribution in [-0.4, -0.2) is 40.8 Å². The fourth-order valence-corrected chi connectivity index (χ4v) is 4.12. The van der Waals surface area contributed by atoms with E-state index >= 15 is 0 Å². The van der Waals surface area contributed by atoms with E-state index in [1.165, 1.54) is 0 Å². The number of para-hydroxylation sites is 1. The molecule has 1 aromatic heterocycles. The first-order valence-corrected chi connectivity index (χ1v) is 11.4. The van der Waals surface area contributed by atoms with Gasteiger partial charge >= 0.3 is 0 Å². The molecule has 4 aromatic rings. The Morgan fingerprint density at radius 2 is 1.83 bits per heavy atom. The van der Waals surface area contributed by atoms with E-state index < -0.39 is 6.04 Å². The van der Waals surface area contributed by atoms with E-state index in [1.54, 1.807) is 46.8 Å². The summed E-state index contributed by atoms with van der Waals surface area (Å²) in [5.41, 5.74) is 1.47. The van der Waals surface area contributed by atoms with Gasteiger partial charge in [-0.15, -0.1) is 0 Å². The van der Waals surface area contributed by atoms with Crippen LogP contribution in [0.1, 0.15) is 36.1 Å². The fraction of sp³-hybridized carbons (Fsp3) is 0.222. The molecule has 0 N–H and O–H groups in total. The number of aromatic nitrogens is 2. The third kappa shape index (κ3) is 4.07. The topological polar surface area (TPSA) is 82.9 Å². The van der Waals surface area contributed by atoms with Crippen molar-refractivity contribution in [3.63, 3.8) is 0 Å². The van der Waals surface area contributed by atoms with Gasteiger partial charge in [0, 0.05) is 12.6 Å². The lowest BCUT2D eigenvalue weighted by Crippen LogP contribution is -2.34. The molecule has 1 aliphatic rings. The highest BCUT2D eigenvalue weighted by atomic mass is 16.7. The highest BCUT2D eigenvalue weighted by Gasteiger charge is 2.26. The standard InChI is InChI=1S/C27H25N3O5/c1-4-33-20-12-10-19(11-13-20)30-25(28-22-8-6-5-7-21(22)27(30)32)17(2)29(3)26(31)18-9-14-23-24(15-18)35-16-34-23/h5-15,17H,4,16H2,1-3H3. The van der Waals surface area contributed by atoms with E-state index in [1.807, 2.05) is 50.2 Å². The third-order valence-corrected chi connectivity index (χ3v) is 6.10. The van der Waals surface area contributed by atoms with Gasteiger partial charge in [-0.25, -0.2) is 4.98 Å². The smallest absolute Gasteiger partial charge is 0.266 e. The predicted octanol–water partition coefficient (Wildman–Crippen LogP) is 4.35. The molecule has 0 aliphatic carbocycles. The van der Waals surface area contributed by atoms with Gasteiger partial charge in [0.2, 0.25) is 6.79 Å². The lowest BCUT2D eigenvalue weighted by Gasteiger charge is -2.27. The van der Waals surface area contributed by atoms with Crippen molar-refractivity contribution in [3.8, 4) is 22.9 Å². The minimum absolute atomic E-state index is 0.134. The summed E-state index contributed by atoms with van der Waals surface area (Å²) in [6.07, 6.45) is 0. The van der Waals surface area contributed by atoms with Crippen LogP contribution < -0.4 is 19.8 Å². The van der Waals surface area contributed by atoms with Crippen LogP contribution >= 0.6 is 0 Å². The summed E-state index contributed by atoms with van der Waals surface area (Å²) in [7, 11) is 1.70. The van der Waals surface area contributed by atoms with E-state index in [0.717, 1.165) is 0 Å². The number of rotatable bonds is 6. The maximum absolute atomic E-state index is 13.6. The molecule has 178 valence electrons. The number of ether oxygens (including phenoxy) is 3. The molecule has 1 aliphatic heterocycles. The van der Waals surface area contributed by atoms with Gasteiger partial charge in [0.05, 0.1) is 29.2 Å². The minimum atomic E-state index is -0.517. The number of benzene rings is 3. The van der Waals surface area contributed by atoms with Gasteiger partial charge < -0.3 is 19.1 Å². The molecule has 5 rings (SSSR count). The quantitative estimate of drug-likeness (QED) is 0.416. The summed E-state index contributed by atoms with van der Waals surface area (Å²) >= 11 is 0. The molecular weight excluding hydrogens is 446 g/mol. The second kappa shape index (κ2) is 9.13. The largest absolute Gasteiger partial charge is 0.494 e. The Balaban J connectivity index is 1.58. The van der Waals surface area contributed by atoms with E-state index in [-0.39, 0.29) is 18.3 Å². The molecule has 0 fully saturated rings. The van der Waals surface area contributed by atoms with Crippen LogP contribution in [0.5, 0.6) is 17.2 Å². The lowest BCUT2D eigenvalue weighted by atomic mass is 10.1. The molecule has 1 atom stereocenters. The Morgan fingerprint density at radius 1 is 1.09 bits per heavy atom.